The maximum absolute atomic E-state index is 12.8. The molecule has 140 valence electrons. The van der Waals surface area contributed by atoms with Crippen LogP contribution in [0, 0.1) is 0 Å². The van der Waals surface area contributed by atoms with Crippen molar-refractivity contribution in [2.24, 2.45) is 0 Å². The summed E-state index contributed by atoms with van der Waals surface area (Å²) in [6.07, 6.45) is -5.50. The first-order chi connectivity index (χ1) is 10.5. The van der Waals surface area contributed by atoms with E-state index in [4.69, 9.17) is 0 Å². The number of carbonyl (C=O) groups excluding carboxylic acids is 2. The van der Waals surface area contributed by atoms with Crippen LogP contribution in [0.4, 0.5) is 39.5 Å². The highest BCUT2D eigenvalue weighted by Gasteiger charge is 2.77. The Morgan fingerprint density at radius 2 is 1.17 bits per heavy atom. The van der Waals surface area contributed by atoms with Gasteiger partial charge in [-0.1, -0.05) is 0 Å². The fourth-order valence-electron chi connectivity index (χ4n) is 0.862. The van der Waals surface area contributed by atoms with Gasteiger partial charge in [0.15, 0.2) is 0 Å². The normalized spacial score (nSPS) is 13.9. The molecule has 4 nitrogen and oxygen atoms in total. The van der Waals surface area contributed by atoms with E-state index >= 15 is 0 Å². The Hall–Kier alpha value is -1.66. The molecular formula is C10H6ClF9O4. The highest BCUT2D eigenvalue weighted by Crippen LogP contribution is 2.46. The number of esters is 2. The van der Waals surface area contributed by atoms with Gasteiger partial charge in [0.2, 0.25) is 0 Å². The van der Waals surface area contributed by atoms with Crippen LogP contribution in [-0.2, 0) is 19.1 Å². The van der Waals surface area contributed by atoms with Crippen molar-refractivity contribution < 1.29 is 58.6 Å². The number of hydrogen-bond acceptors (Lipinski definition) is 4. The number of ether oxygens (including phenoxy) is 2. The highest BCUT2D eigenvalue weighted by molar-refractivity contribution is 6.31. The third-order valence-corrected chi connectivity index (χ3v) is 2.18. The number of halogens is 10. The van der Waals surface area contributed by atoms with Crippen LogP contribution in [-0.4, -0.2) is 48.6 Å². The lowest BCUT2D eigenvalue weighted by molar-refractivity contribution is -0.348. The first kappa shape index (κ1) is 22.3. The van der Waals surface area contributed by atoms with Gasteiger partial charge >= 0.3 is 35.3 Å². The number of alkyl halides is 10. The van der Waals surface area contributed by atoms with Crippen LogP contribution in [0.25, 0.3) is 0 Å². The van der Waals surface area contributed by atoms with Gasteiger partial charge in [-0.15, -0.1) is 0 Å². The van der Waals surface area contributed by atoms with E-state index in [1.807, 2.05) is 0 Å². The number of rotatable bonds is 7. The average molecular weight is 397 g/mol. The van der Waals surface area contributed by atoms with Crippen molar-refractivity contribution in [2.45, 2.75) is 23.4 Å². The molecule has 0 saturated heterocycles. The summed E-state index contributed by atoms with van der Waals surface area (Å²) in [5.41, 5.74) is 0. The number of carbonyl (C=O) groups is 2. The van der Waals surface area contributed by atoms with Gasteiger partial charge in [-0.3, -0.25) is 0 Å². The Morgan fingerprint density at radius 3 is 1.50 bits per heavy atom. The Balaban J connectivity index is 4.50. The van der Waals surface area contributed by atoms with Gasteiger partial charge in [-0.2, -0.15) is 39.5 Å². The number of hydrogen-bond donors (Lipinski definition) is 0. The van der Waals surface area contributed by atoms with Crippen LogP contribution < -0.4 is 0 Å². The highest BCUT2D eigenvalue weighted by atomic mass is 35.5. The molecule has 0 fully saturated rings. The second-order valence-corrected chi connectivity index (χ2v) is 4.29. The maximum Gasteiger partial charge on any atom is 0.460 e. The van der Waals surface area contributed by atoms with Gasteiger partial charge in [0.1, 0.15) is 13.2 Å². The zero-order valence-electron chi connectivity index (χ0n) is 11.0. The van der Waals surface area contributed by atoms with Gasteiger partial charge in [0.25, 0.3) is 0 Å². The molecule has 14 heteroatoms. The fraction of sp³-hybridized carbons (Fsp3) is 0.600. The predicted octanol–water partition coefficient (Wildman–Crippen LogP) is 3.29. The molecule has 0 unspecified atom stereocenters. The molecule has 0 heterocycles. The molecule has 0 aromatic rings. The molecule has 0 radical (unpaired) electrons. The van der Waals surface area contributed by atoms with E-state index in [9.17, 15) is 49.1 Å². The summed E-state index contributed by atoms with van der Waals surface area (Å²) in [6, 6.07) is 0. The van der Waals surface area contributed by atoms with Crippen LogP contribution >= 0.6 is 11.6 Å². The van der Waals surface area contributed by atoms with Gasteiger partial charge in [-0.05, 0) is 23.8 Å². The van der Waals surface area contributed by atoms with Crippen molar-refractivity contribution in [1.29, 1.82) is 0 Å². The Bertz CT molecular complexity index is 496. The fourth-order valence-corrected chi connectivity index (χ4v) is 0.917. The lowest BCUT2D eigenvalue weighted by Crippen LogP contribution is -2.56. The van der Waals surface area contributed by atoms with E-state index in [0.29, 0.717) is 12.2 Å². The molecule has 0 atom stereocenters. The van der Waals surface area contributed by atoms with Crippen molar-refractivity contribution >= 4 is 23.5 Å². The van der Waals surface area contributed by atoms with Crippen LogP contribution in [0.2, 0.25) is 0 Å². The summed E-state index contributed by atoms with van der Waals surface area (Å²) >= 11 is 4.25. The molecule has 0 saturated carbocycles. The summed E-state index contributed by atoms with van der Waals surface area (Å²) in [5, 5.41) is -4.33. The summed E-state index contributed by atoms with van der Waals surface area (Å²) in [4.78, 5) is 21.1. The first-order valence-electron chi connectivity index (χ1n) is 5.43. The third kappa shape index (κ3) is 5.46. The molecule has 0 rings (SSSR count). The summed E-state index contributed by atoms with van der Waals surface area (Å²) in [7, 11) is 0. The quantitative estimate of drug-likeness (QED) is 0.287. The first-order valence-corrected chi connectivity index (χ1v) is 5.81. The predicted molar refractivity (Wildman–Crippen MR) is 57.8 cm³/mol. The largest absolute Gasteiger partial charge is 0.460 e. The average Bonchev–Trinajstić information content (AvgIpc) is 2.39. The van der Waals surface area contributed by atoms with Gasteiger partial charge in [0.05, 0.1) is 0 Å². The summed E-state index contributed by atoms with van der Waals surface area (Å²) < 4.78 is 117. The molecule has 0 aliphatic heterocycles. The molecule has 0 aromatic heterocycles. The van der Waals surface area contributed by atoms with Crippen molar-refractivity contribution in [3.8, 4) is 0 Å². The minimum atomic E-state index is -6.70. The van der Waals surface area contributed by atoms with Crippen LogP contribution in [0.3, 0.4) is 0 Å². The van der Waals surface area contributed by atoms with Crippen LogP contribution in [0.1, 0.15) is 0 Å². The second-order valence-electron chi connectivity index (χ2n) is 3.81. The minimum absolute atomic E-state index is 0.555. The van der Waals surface area contributed by atoms with Crippen molar-refractivity contribution in [3.05, 3.63) is 12.2 Å². The zero-order chi connectivity index (χ0) is 19.4. The topological polar surface area (TPSA) is 52.6 Å². The SMILES string of the molecule is O=C(OC/C=C/COC(=O)C(F)(F)C(F)(F)C(F)(F)F)C(F)(F)Cl. The third-order valence-electron chi connectivity index (χ3n) is 2.03. The Kier molecular flexibility index (Phi) is 6.97. The molecule has 0 aliphatic carbocycles. The molecular weight excluding hydrogens is 391 g/mol. The monoisotopic (exact) mass is 396 g/mol. The molecule has 0 N–H and O–H groups in total. The zero-order valence-corrected chi connectivity index (χ0v) is 11.7. The molecule has 0 spiro atoms. The van der Waals surface area contributed by atoms with Gasteiger partial charge in [0, 0.05) is 0 Å². The van der Waals surface area contributed by atoms with Crippen molar-refractivity contribution in [2.75, 3.05) is 13.2 Å². The smallest absolute Gasteiger partial charge is 0.457 e. The van der Waals surface area contributed by atoms with Crippen molar-refractivity contribution in [1.82, 2.24) is 0 Å². The van der Waals surface area contributed by atoms with Crippen LogP contribution in [0.5, 0.6) is 0 Å². The maximum atomic E-state index is 12.8. The lowest BCUT2D eigenvalue weighted by Gasteiger charge is -2.26. The van der Waals surface area contributed by atoms with E-state index in [0.717, 1.165) is 0 Å². The molecule has 0 amide bonds. The molecule has 0 aliphatic rings. The van der Waals surface area contributed by atoms with E-state index in [2.05, 4.69) is 21.1 Å². The van der Waals surface area contributed by atoms with E-state index in [1.54, 1.807) is 0 Å². The van der Waals surface area contributed by atoms with Gasteiger partial charge < -0.3 is 9.47 Å². The van der Waals surface area contributed by atoms with Crippen LogP contribution in [0.15, 0.2) is 12.2 Å². The van der Waals surface area contributed by atoms with E-state index in [-0.39, 0.29) is 0 Å². The Labute approximate surface area is 132 Å². The minimum Gasteiger partial charge on any atom is -0.457 e. The van der Waals surface area contributed by atoms with Gasteiger partial charge in [-0.25, -0.2) is 9.59 Å². The van der Waals surface area contributed by atoms with E-state index in [1.165, 1.54) is 0 Å². The summed E-state index contributed by atoms with van der Waals surface area (Å²) in [5.74, 6) is -18.2. The standard InChI is InChI=1S/C10H6ClF9O4/c11-8(14,15)6(22)24-4-2-1-3-23-5(21)7(12,13)9(16,17)10(18,19)20/h1-2H,3-4H2/b2-1+. The lowest BCUT2D eigenvalue weighted by atomic mass is 10.1. The summed E-state index contributed by atoms with van der Waals surface area (Å²) in [6.45, 7) is -2.12. The molecule has 0 aromatic carbocycles. The van der Waals surface area contributed by atoms with E-state index < -0.39 is 48.6 Å². The Morgan fingerprint density at radius 1 is 0.792 bits per heavy atom. The molecule has 24 heavy (non-hydrogen) atoms. The van der Waals surface area contributed by atoms with Crippen molar-refractivity contribution in [3.63, 3.8) is 0 Å². The second kappa shape index (κ2) is 7.49. The molecule has 0 bridgehead atoms.